The molecule has 1 aliphatic carbocycles. The molecule has 0 spiro atoms. The number of rotatable bonds is 4. The van der Waals surface area contributed by atoms with Crippen LogP contribution in [-0.2, 0) is 0 Å². The smallest absolute Gasteiger partial charge is 0.274 e. The molecule has 4 heteroatoms. The summed E-state index contributed by atoms with van der Waals surface area (Å²) in [5.41, 5.74) is 1.79. The molecule has 0 aliphatic heterocycles. The van der Waals surface area contributed by atoms with Crippen LogP contribution in [0.15, 0.2) is 18.2 Å². The number of hydrogen-bond donors (Lipinski definition) is 1. The molecule has 1 aromatic rings. The van der Waals surface area contributed by atoms with E-state index in [1.165, 1.54) is 32.1 Å². The Morgan fingerprint density at radius 3 is 2.58 bits per heavy atom. The quantitative estimate of drug-likeness (QED) is 0.650. The first-order chi connectivity index (χ1) is 9.10. The lowest BCUT2D eigenvalue weighted by Gasteiger charge is -2.29. The van der Waals surface area contributed by atoms with Gasteiger partial charge in [0.1, 0.15) is 0 Å². The topological polar surface area (TPSA) is 55.2 Å². The molecule has 0 saturated heterocycles. The van der Waals surface area contributed by atoms with Crippen molar-refractivity contribution >= 4 is 11.4 Å². The van der Waals surface area contributed by atoms with E-state index in [0.29, 0.717) is 11.6 Å². The van der Waals surface area contributed by atoms with E-state index >= 15 is 0 Å². The summed E-state index contributed by atoms with van der Waals surface area (Å²) in [6, 6.07) is 5.87. The largest absolute Gasteiger partial charge is 0.382 e. The molecule has 0 bridgehead atoms. The molecule has 104 valence electrons. The number of hydrogen-bond acceptors (Lipinski definition) is 3. The molecular weight excluding hydrogens is 240 g/mol. The molecule has 0 atom stereocenters. The number of nitro benzene ring substituents is 1. The van der Waals surface area contributed by atoms with Gasteiger partial charge in [-0.15, -0.1) is 0 Å². The maximum Gasteiger partial charge on any atom is 0.274 e. The first-order valence-electron chi connectivity index (χ1n) is 7.11. The number of anilines is 1. The summed E-state index contributed by atoms with van der Waals surface area (Å²) in [6.45, 7) is 4.02. The SMILES string of the molecule is CCC1CCC(Nc2ccc(C)c([N+](=O)[O-])c2)CC1. The molecule has 4 nitrogen and oxygen atoms in total. The Labute approximate surface area is 114 Å². The minimum Gasteiger partial charge on any atom is -0.382 e. The molecule has 0 radical (unpaired) electrons. The van der Waals surface area contributed by atoms with Gasteiger partial charge in [-0.1, -0.05) is 19.4 Å². The van der Waals surface area contributed by atoms with Gasteiger partial charge in [-0.05, 0) is 44.6 Å². The molecule has 1 aromatic carbocycles. The van der Waals surface area contributed by atoms with Gasteiger partial charge >= 0.3 is 0 Å². The fourth-order valence-electron chi connectivity index (χ4n) is 2.85. The average molecular weight is 262 g/mol. The van der Waals surface area contributed by atoms with Crippen molar-refractivity contribution in [1.29, 1.82) is 0 Å². The third kappa shape index (κ3) is 3.46. The summed E-state index contributed by atoms with van der Waals surface area (Å²) >= 11 is 0. The van der Waals surface area contributed by atoms with E-state index in [2.05, 4.69) is 12.2 Å². The highest BCUT2D eigenvalue weighted by Gasteiger charge is 2.20. The second-order valence-corrected chi connectivity index (χ2v) is 5.53. The van der Waals surface area contributed by atoms with Crippen LogP contribution in [0.1, 0.15) is 44.6 Å². The predicted molar refractivity (Wildman–Crippen MR) is 77.5 cm³/mol. The summed E-state index contributed by atoms with van der Waals surface area (Å²) < 4.78 is 0. The zero-order valence-electron chi connectivity index (χ0n) is 11.7. The normalized spacial score (nSPS) is 23.1. The van der Waals surface area contributed by atoms with E-state index < -0.39 is 0 Å². The molecular formula is C15H22N2O2. The van der Waals surface area contributed by atoms with Crippen molar-refractivity contribution in [2.45, 2.75) is 52.0 Å². The molecule has 2 rings (SSSR count). The lowest BCUT2D eigenvalue weighted by molar-refractivity contribution is -0.385. The van der Waals surface area contributed by atoms with Crippen LogP contribution in [0.5, 0.6) is 0 Å². The van der Waals surface area contributed by atoms with Crippen molar-refractivity contribution in [3.05, 3.63) is 33.9 Å². The second kappa shape index (κ2) is 6.04. The Balaban J connectivity index is 2.00. The van der Waals surface area contributed by atoms with Gasteiger partial charge < -0.3 is 5.32 Å². The molecule has 1 saturated carbocycles. The third-order valence-electron chi connectivity index (χ3n) is 4.20. The number of nitrogens with one attached hydrogen (secondary N) is 1. The van der Waals surface area contributed by atoms with E-state index in [1.54, 1.807) is 13.0 Å². The van der Waals surface area contributed by atoms with Gasteiger partial charge in [-0.2, -0.15) is 0 Å². The molecule has 0 unspecified atom stereocenters. The number of aryl methyl sites for hydroxylation is 1. The standard InChI is InChI=1S/C15H22N2O2/c1-3-12-5-8-13(9-6-12)16-14-7-4-11(2)15(10-14)17(18)19/h4,7,10,12-13,16H,3,5-6,8-9H2,1-2H3. The zero-order chi connectivity index (χ0) is 13.8. The van der Waals surface area contributed by atoms with Gasteiger partial charge in [0.25, 0.3) is 5.69 Å². The van der Waals surface area contributed by atoms with Crippen molar-refractivity contribution in [1.82, 2.24) is 0 Å². The van der Waals surface area contributed by atoms with Crippen LogP contribution >= 0.6 is 0 Å². The fraction of sp³-hybridized carbons (Fsp3) is 0.600. The van der Waals surface area contributed by atoms with Gasteiger partial charge in [-0.25, -0.2) is 0 Å². The highest BCUT2D eigenvalue weighted by Crippen LogP contribution is 2.29. The summed E-state index contributed by atoms with van der Waals surface area (Å²) in [6.07, 6.45) is 6.13. The summed E-state index contributed by atoms with van der Waals surface area (Å²) in [7, 11) is 0. The van der Waals surface area contributed by atoms with Crippen LogP contribution in [0, 0.1) is 23.0 Å². The Hall–Kier alpha value is -1.58. The Morgan fingerprint density at radius 1 is 1.32 bits per heavy atom. The van der Waals surface area contributed by atoms with E-state index in [1.807, 2.05) is 12.1 Å². The first-order valence-corrected chi connectivity index (χ1v) is 7.11. The van der Waals surface area contributed by atoms with Crippen LogP contribution in [0.3, 0.4) is 0 Å². The maximum absolute atomic E-state index is 10.9. The second-order valence-electron chi connectivity index (χ2n) is 5.53. The highest BCUT2D eigenvalue weighted by atomic mass is 16.6. The van der Waals surface area contributed by atoms with Crippen LogP contribution < -0.4 is 5.32 Å². The lowest BCUT2D eigenvalue weighted by atomic mass is 9.84. The van der Waals surface area contributed by atoms with Crippen LogP contribution in [0.25, 0.3) is 0 Å². The van der Waals surface area contributed by atoms with Crippen molar-refractivity contribution < 1.29 is 4.92 Å². The maximum atomic E-state index is 10.9. The van der Waals surface area contributed by atoms with E-state index in [9.17, 15) is 10.1 Å². The molecule has 0 aromatic heterocycles. The monoisotopic (exact) mass is 262 g/mol. The number of nitrogens with zero attached hydrogens (tertiary/aromatic N) is 1. The van der Waals surface area contributed by atoms with Gasteiger partial charge in [0, 0.05) is 23.4 Å². The number of nitro groups is 1. The Kier molecular flexibility index (Phi) is 4.40. The van der Waals surface area contributed by atoms with E-state index in [4.69, 9.17) is 0 Å². The minimum absolute atomic E-state index is 0.201. The Bertz CT molecular complexity index is 451. The molecule has 0 heterocycles. The third-order valence-corrected chi connectivity index (χ3v) is 4.20. The van der Waals surface area contributed by atoms with Crippen molar-refractivity contribution in [2.75, 3.05) is 5.32 Å². The Morgan fingerprint density at radius 2 is 2.00 bits per heavy atom. The minimum atomic E-state index is -0.311. The van der Waals surface area contributed by atoms with Crippen molar-refractivity contribution in [3.8, 4) is 0 Å². The van der Waals surface area contributed by atoms with Gasteiger partial charge in [-0.3, -0.25) is 10.1 Å². The zero-order valence-corrected chi connectivity index (χ0v) is 11.7. The fourth-order valence-corrected chi connectivity index (χ4v) is 2.85. The predicted octanol–water partition coefficient (Wildman–Crippen LogP) is 4.28. The molecule has 19 heavy (non-hydrogen) atoms. The van der Waals surface area contributed by atoms with Gasteiger partial charge in [0.05, 0.1) is 4.92 Å². The van der Waals surface area contributed by atoms with Gasteiger partial charge in [0.2, 0.25) is 0 Å². The van der Waals surface area contributed by atoms with Crippen LogP contribution in [0.2, 0.25) is 0 Å². The molecule has 1 aliphatic rings. The summed E-state index contributed by atoms with van der Waals surface area (Å²) in [5, 5.41) is 14.4. The highest BCUT2D eigenvalue weighted by molar-refractivity contribution is 5.55. The average Bonchev–Trinajstić information content (AvgIpc) is 2.41. The number of benzene rings is 1. The van der Waals surface area contributed by atoms with Crippen LogP contribution in [0.4, 0.5) is 11.4 Å². The summed E-state index contributed by atoms with van der Waals surface area (Å²) in [5.74, 6) is 0.866. The molecule has 1 fully saturated rings. The summed E-state index contributed by atoms with van der Waals surface area (Å²) in [4.78, 5) is 10.6. The van der Waals surface area contributed by atoms with Gasteiger partial charge in [0.15, 0.2) is 0 Å². The lowest BCUT2D eigenvalue weighted by Crippen LogP contribution is -2.25. The van der Waals surface area contributed by atoms with E-state index in [0.717, 1.165) is 11.6 Å². The van der Waals surface area contributed by atoms with Crippen molar-refractivity contribution in [2.24, 2.45) is 5.92 Å². The van der Waals surface area contributed by atoms with E-state index in [-0.39, 0.29) is 10.6 Å². The van der Waals surface area contributed by atoms with Crippen LogP contribution in [-0.4, -0.2) is 11.0 Å². The molecule has 1 N–H and O–H groups in total. The first kappa shape index (κ1) is 13.8. The van der Waals surface area contributed by atoms with Crippen molar-refractivity contribution in [3.63, 3.8) is 0 Å². The molecule has 0 amide bonds.